The number of halogens is 1. The fraction of sp³-hybridized carbons (Fsp3) is 0.0526. The molecule has 1 aromatic heterocycles. The van der Waals surface area contributed by atoms with Crippen molar-refractivity contribution in [3.8, 4) is 0 Å². The summed E-state index contributed by atoms with van der Waals surface area (Å²) < 4.78 is 5.00. The Hall–Kier alpha value is -3.45. The van der Waals surface area contributed by atoms with Crippen molar-refractivity contribution in [1.82, 2.24) is 15.8 Å². The Labute approximate surface area is 159 Å². The first-order chi connectivity index (χ1) is 13.0. The minimum atomic E-state index is -0.722. The van der Waals surface area contributed by atoms with Crippen LogP contribution in [0.3, 0.4) is 0 Å². The standard InChI is InChI=1S/C19H14ClN3O4/c20-16-10-14(13-8-4-5-9-15(13)21-16)19(26)27-11-17(24)22-23-18(25)12-6-2-1-3-7-12/h1-10H,11H2,(H,22,24)(H,23,25). The molecule has 0 bridgehead atoms. The fourth-order valence-electron chi connectivity index (χ4n) is 2.35. The summed E-state index contributed by atoms with van der Waals surface area (Å²) >= 11 is 5.93. The summed E-state index contributed by atoms with van der Waals surface area (Å²) in [6, 6.07) is 16.7. The zero-order chi connectivity index (χ0) is 19.2. The number of carbonyl (C=O) groups is 3. The second-order valence-electron chi connectivity index (χ2n) is 5.45. The Kier molecular flexibility index (Phi) is 5.63. The molecule has 0 aliphatic carbocycles. The molecule has 0 spiro atoms. The number of carbonyl (C=O) groups excluding carboxylic acids is 3. The summed E-state index contributed by atoms with van der Waals surface area (Å²) in [6.07, 6.45) is 0. The second kappa shape index (κ2) is 8.29. The van der Waals surface area contributed by atoms with Crippen LogP contribution in [0, 0.1) is 0 Å². The second-order valence-corrected chi connectivity index (χ2v) is 5.84. The molecule has 3 aromatic rings. The summed E-state index contributed by atoms with van der Waals surface area (Å²) in [5.74, 6) is -1.89. The highest BCUT2D eigenvalue weighted by atomic mass is 35.5. The van der Waals surface area contributed by atoms with E-state index in [1.165, 1.54) is 6.07 Å². The number of hydrazine groups is 1. The van der Waals surface area contributed by atoms with E-state index >= 15 is 0 Å². The molecule has 0 aliphatic rings. The molecule has 7 nitrogen and oxygen atoms in total. The van der Waals surface area contributed by atoms with Gasteiger partial charge in [0.2, 0.25) is 0 Å². The Balaban J connectivity index is 1.58. The number of fused-ring (bicyclic) bond motifs is 1. The average Bonchev–Trinajstić information content (AvgIpc) is 2.70. The third kappa shape index (κ3) is 4.59. The highest BCUT2D eigenvalue weighted by Gasteiger charge is 2.15. The Morgan fingerprint density at radius 1 is 0.963 bits per heavy atom. The molecule has 136 valence electrons. The van der Waals surface area contributed by atoms with Crippen molar-refractivity contribution < 1.29 is 19.1 Å². The van der Waals surface area contributed by atoms with Gasteiger partial charge in [0.15, 0.2) is 6.61 Å². The minimum absolute atomic E-state index is 0.139. The third-order valence-electron chi connectivity index (χ3n) is 3.59. The number of hydrogen-bond acceptors (Lipinski definition) is 5. The monoisotopic (exact) mass is 383 g/mol. The predicted octanol–water partition coefficient (Wildman–Crippen LogP) is 2.51. The first-order valence-electron chi connectivity index (χ1n) is 7.91. The minimum Gasteiger partial charge on any atom is -0.452 e. The summed E-state index contributed by atoms with van der Waals surface area (Å²) in [5, 5.41) is 0.699. The van der Waals surface area contributed by atoms with E-state index in [0.717, 1.165) is 0 Å². The molecule has 0 saturated heterocycles. The maximum absolute atomic E-state index is 12.3. The SMILES string of the molecule is O=C(COC(=O)c1cc(Cl)nc2ccccc12)NNC(=O)c1ccccc1. The molecule has 2 N–H and O–H groups in total. The average molecular weight is 384 g/mol. The smallest absolute Gasteiger partial charge is 0.339 e. The first-order valence-corrected chi connectivity index (χ1v) is 8.29. The van der Waals surface area contributed by atoms with Gasteiger partial charge < -0.3 is 4.74 Å². The number of ether oxygens (including phenoxy) is 1. The molecular weight excluding hydrogens is 370 g/mol. The number of amides is 2. The molecule has 0 unspecified atom stereocenters. The van der Waals surface area contributed by atoms with Crippen molar-refractivity contribution >= 4 is 40.3 Å². The normalized spacial score (nSPS) is 10.3. The van der Waals surface area contributed by atoms with Gasteiger partial charge in [-0.25, -0.2) is 9.78 Å². The highest BCUT2D eigenvalue weighted by Crippen LogP contribution is 2.21. The van der Waals surface area contributed by atoms with Crippen molar-refractivity contribution in [2.45, 2.75) is 0 Å². The molecule has 2 aromatic carbocycles. The van der Waals surface area contributed by atoms with Gasteiger partial charge in [-0.05, 0) is 24.3 Å². The number of benzene rings is 2. The number of para-hydroxylation sites is 1. The molecule has 2 amide bonds. The van der Waals surface area contributed by atoms with E-state index in [-0.39, 0.29) is 10.7 Å². The quantitative estimate of drug-likeness (QED) is 0.410. The first kappa shape index (κ1) is 18.3. The van der Waals surface area contributed by atoms with Crippen LogP contribution in [-0.4, -0.2) is 29.4 Å². The third-order valence-corrected chi connectivity index (χ3v) is 3.78. The van der Waals surface area contributed by atoms with Gasteiger partial charge in [0, 0.05) is 10.9 Å². The van der Waals surface area contributed by atoms with E-state index in [0.29, 0.717) is 16.5 Å². The molecular formula is C19H14ClN3O4. The van der Waals surface area contributed by atoms with Crippen LogP contribution < -0.4 is 10.9 Å². The predicted molar refractivity (Wildman–Crippen MR) is 99.1 cm³/mol. The zero-order valence-electron chi connectivity index (χ0n) is 13.9. The maximum atomic E-state index is 12.3. The number of aromatic nitrogens is 1. The maximum Gasteiger partial charge on any atom is 0.339 e. The lowest BCUT2D eigenvalue weighted by Crippen LogP contribution is -2.43. The summed E-state index contributed by atoms with van der Waals surface area (Å²) in [7, 11) is 0. The van der Waals surface area contributed by atoms with Gasteiger partial charge in [0.05, 0.1) is 11.1 Å². The lowest BCUT2D eigenvalue weighted by Gasteiger charge is -2.09. The van der Waals surface area contributed by atoms with E-state index in [9.17, 15) is 14.4 Å². The Morgan fingerprint density at radius 2 is 1.67 bits per heavy atom. The van der Waals surface area contributed by atoms with Crippen molar-refractivity contribution in [2.75, 3.05) is 6.61 Å². The topological polar surface area (TPSA) is 97.4 Å². The lowest BCUT2D eigenvalue weighted by atomic mass is 10.1. The summed E-state index contributed by atoms with van der Waals surface area (Å²) in [4.78, 5) is 40.1. The van der Waals surface area contributed by atoms with Crippen LogP contribution in [0.5, 0.6) is 0 Å². The molecule has 0 atom stereocenters. The van der Waals surface area contributed by atoms with Gasteiger partial charge in [0.25, 0.3) is 11.8 Å². The van der Waals surface area contributed by atoms with Gasteiger partial charge in [-0.15, -0.1) is 0 Å². The number of esters is 1. The Morgan fingerprint density at radius 3 is 2.44 bits per heavy atom. The summed E-state index contributed by atoms with van der Waals surface area (Å²) in [5.41, 5.74) is 5.54. The van der Waals surface area contributed by atoms with Crippen LogP contribution in [0.4, 0.5) is 0 Å². The molecule has 8 heteroatoms. The van der Waals surface area contributed by atoms with Crippen LogP contribution in [0.1, 0.15) is 20.7 Å². The lowest BCUT2D eigenvalue weighted by molar-refractivity contribution is -0.125. The van der Waals surface area contributed by atoms with Gasteiger partial charge in [-0.2, -0.15) is 0 Å². The zero-order valence-corrected chi connectivity index (χ0v) is 14.7. The molecule has 0 saturated carbocycles. The molecule has 1 heterocycles. The number of pyridine rings is 1. The van der Waals surface area contributed by atoms with E-state index < -0.39 is 24.4 Å². The molecule has 0 aliphatic heterocycles. The number of hydrogen-bond donors (Lipinski definition) is 2. The van der Waals surface area contributed by atoms with Gasteiger partial charge in [-0.3, -0.25) is 20.4 Å². The fourth-order valence-corrected chi connectivity index (χ4v) is 2.55. The number of nitrogens with one attached hydrogen (secondary N) is 2. The van der Waals surface area contributed by atoms with Crippen molar-refractivity contribution in [3.63, 3.8) is 0 Å². The van der Waals surface area contributed by atoms with Crippen LogP contribution in [0.25, 0.3) is 10.9 Å². The van der Waals surface area contributed by atoms with Crippen LogP contribution in [-0.2, 0) is 9.53 Å². The highest BCUT2D eigenvalue weighted by molar-refractivity contribution is 6.30. The van der Waals surface area contributed by atoms with E-state index in [1.807, 2.05) is 0 Å². The van der Waals surface area contributed by atoms with E-state index in [2.05, 4.69) is 15.8 Å². The van der Waals surface area contributed by atoms with Crippen LogP contribution >= 0.6 is 11.6 Å². The van der Waals surface area contributed by atoms with Crippen LogP contribution in [0.2, 0.25) is 5.15 Å². The Bertz CT molecular complexity index is 1010. The number of rotatable bonds is 4. The summed E-state index contributed by atoms with van der Waals surface area (Å²) in [6.45, 7) is -0.567. The molecule has 0 fully saturated rings. The number of nitrogens with zero attached hydrogens (tertiary/aromatic N) is 1. The van der Waals surface area contributed by atoms with Crippen molar-refractivity contribution in [1.29, 1.82) is 0 Å². The van der Waals surface area contributed by atoms with Crippen molar-refractivity contribution in [2.24, 2.45) is 0 Å². The molecule has 27 heavy (non-hydrogen) atoms. The van der Waals surface area contributed by atoms with Crippen LogP contribution in [0.15, 0.2) is 60.7 Å². The van der Waals surface area contributed by atoms with E-state index in [1.54, 1.807) is 54.6 Å². The van der Waals surface area contributed by atoms with E-state index in [4.69, 9.17) is 16.3 Å². The van der Waals surface area contributed by atoms with Gasteiger partial charge in [-0.1, -0.05) is 48.0 Å². The van der Waals surface area contributed by atoms with Gasteiger partial charge >= 0.3 is 5.97 Å². The molecule has 0 radical (unpaired) electrons. The van der Waals surface area contributed by atoms with Crippen molar-refractivity contribution in [3.05, 3.63) is 76.9 Å². The largest absolute Gasteiger partial charge is 0.452 e. The van der Waals surface area contributed by atoms with Gasteiger partial charge in [0.1, 0.15) is 5.15 Å². The molecule has 3 rings (SSSR count).